The standard InChI is InChI=1S/C21H18F2N4O3/c1-2-30-20(28)6-13-5-17(11-24-10-13)26-4-3-19-18(21(26)29)12-27(25-19)16-8-14(22)7-15(23)9-16/h5,7-12H,2-4,6H2,1H3. The lowest BCUT2D eigenvalue weighted by Gasteiger charge is -2.26. The number of rotatable bonds is 5. The van der Waals surface area contributed by atoms with Crippen molar-refractivity contribution < 1.29 is 23.1 Å². The summed E-state index contributed by atoms with van der Waals surface area (Å²) in [5.41, 5.74) is 2.28. The van der Waals surface area contributed by atoms with Gasteiger partial charge in [0.1, 0.15) is 11.6 Å². The average molecular weight is 412 g/mol. The molecule has 1 aromatic carbocycles. The molecule has 0 atom stereocenters. The van der Waals surface area contributed by atoms with Crippen molar-refractivity contribution in [3.8, 4) is 5.69 Å². The third-order valence-corrected chi connectivity index (χ3v) is 4.70. The Morgan fingerprint density at radius 2 is 1.90 bits per heavy atom. The minimum absolute atomic E-state index is 0.0605. The molecule has 0 radical (unpaired) electrons. The highest BCUT2D eigenvalue weighted by atomic mass is 19.1. The van der Waals surface area contributed by atoms with Crippen molar-refractivity contribution in [2.24, 2.45) is 0 Å². The van der Waals surface area contributed by atoms with Crippen LogP contribution in [0.15, 0.2) is 42.9 Å². The molecule has 30 heavy (non-hydrogen) atoms. The number of pyridine rings is 1. The van der Waals surface area contributed by atoms with Gasteiger partial charge < -0.3 is 9.64 Å². The third kappa shape index (κ3) is 3.91. The maximum atomic E-state index is 13.5. The Morgan fingerprint density at radius 1 is 1.13 bits per heavy atom. The molecule has 9 heteroatoms. The van der Waals surface area contributed by atoms with Crippen molar-refractivity contribution in [1.82, 2.24) is 14.8 Å². The van der Waals surface area contributed by atoms with Crippen LogP contribution < -0.4 is 4.90 Å². The van der Waals surface area contributed by atoms with E-state index in [2.05, 4.69) is 10.1 Å². The van der Waals surface area contributed by atoms with Gasteiger partial charge in [0.2, 0.25) is 0 Å². The molecule has 154 valence electrons. The van der Waals surface area contributed by atoms with Crippen LogP contribution in [0.25, 0.3) is 5.69 Å². The first-order chi connectivity index (χ1) is 14.4. The summed E-state index contributed by atoms with van der Waals surface area (Å²) in [5.74, 6) is -2.12. The van der Waals surface area contributed by atoms with Crippen LogP contribution in [0.3, 0.4) is 0 Å². The van der Waals surface area contributed by atoms with Crippen LogP contribution in [0.2, 0.25) is 0 Å². The highest BCUT2D eigenvalue weighted by Crippen LogP contribution is 2.25. The molecule has 0 saturated carbocycles. The Hall–Kier alpha value is -3.62. The van der Waals surface area contributed by atoms with Gasteiger partial charge in [0.15, 0.2) is 0 Å². The number of ether oxygens (including phenoxy) is 1. The number of nitrogens with zero attached hydrogens (tertiary/aromatic N) is 4. The zero-order valence-corrected chi connectivity index (χ0v) is 16.1. The summed E-state index contributed by atoms with van der Waals surface area (Å²) in [4.78, 5) is 30.4. The van der Waals surface area contributed by atoms with Gasteiger partial charge in [0.25, 0.3) is 5.91 Å². The van der Waals surface area contributed by atoms with Gasteiger partial charge in [-0.1, -0.05) is 0 Å². The van der Waals surface area contributed by atoms with Gasteiger partial charge in [-0.25, -0.2) is 13.5 Å². The predicted molar refractivity (Wildman–Crippen MR) is 103 cm³/mol. The molecule has 2 aromatic heterocycles. The number of anilines is 1. The Morgan fingerprint density at radius 3 is 2.63 bits per heavy atom. The monoisotopic (exact) mass is 412 g/mol. The number of amides is 1. The number of hydrogen-bond acceptors (Lipinski definition) is 5. The largest absolute Gasteiger partial charge is 0.466 e. The van der Waals surface area contributed by atoms with E-state index in [1.165, 1.54) is 10.9 Å². The number of carbonyl (C=O) groups excluding carboxylic acids is 2. The van der Waals surface area contributed by atoms with E-state index in [-0.39, 0.29) is 24.0 Å². The van der Waals surface area contributed by atoms with Gasteiger partial charge in [-0.15, -0.1) is 0 Å². The zero-order chi connectivity index (χ0) is 21.3. The fourth-order valence-electron chi connectivity index (χ4n) is 3.38. The first-order valence-electron chi connectivity index (χ1n) is 9.41. The molecule has 0 unspecified atom stereocenters. The minimum Gasteiger partial charge on any atom is -0.466 e. The van der Waals surface area contributed by atoms with Crippen molar-refractivity contribution in [3.63, 3.8) is 0 Å². The number of fused-ring (bicyclic) bond motifs is 1. The quantitative estimate of drug-likeness (QED) is 0.603. The van der Waals surface area contributed by atoms with Gasteiger partial charge in [-0.3, -0.25) is 14.6 Å². The second-order valence-electron chi connectivity index (χ2n) is 6.80. The second kappa shape index (κ2) is 8.02. The molecule has 0 aliphatic carbocycles. The Balaban J connectivity index is 1.60. The van der Waals surface area contributed by atoms with Crippen LogP contribution in [0.5, 0.6) is 0 Å². The Kier molecular flexibility index (Phi) is 5.26. The van der Waals surface area contributed by atoms with Crippen molar-refractivity contribution >= 4 is 17.6 Å². The number of benzene rings is 1. The molecule has 4 rings (SSSR count). The number of carbonyl (C=O) groups is 2. The Bertz CT molecular complexity index is 1110. The molecule has 3 aromatic rings. The van der Waals surface area contributed by atoms with Crippen LogP contribution in [0.4, 0.5) is 14.5 Å². The lowest BCUT2D eigenvalue weighted by Crippen LogP contribution is -2.37. The molecular formula is C21H18F2N4O3. The summed E-state index contributed by atoms with van der Waals surface area (Å²) < 4.78 is 33.3. The molecule has 7 nitrogen and oxygen atoms in total. The summed E-state index contributed by atoms with van der Waals surface area (Å²) in [5, 5.41) is 4.32. The fourth-order valence-corrected chi connectivity index (χ4v) is 3.38. The van der Waals surface area contributed by atoms with Crippen molar-refractivity contribution in [1.29, 1.82) is 0 Å². The third-order valence-electron chi connectivity index (χ3n) is 4.70. The average Bonchev–Trinajstić information content (AvgIpc) is 3.13. The first-order valence-corrected chi connectivity index (χ1v) is 9.41. The predicted octanol–water partition coefficient (Wildman–Crippen LogP) is 2.85. The summed E-state index contributed by atoms with van der Waals surface area (Å²) in [6, 6.07) is 4.79. The zero-order valence-electron chi connectivity index (χ0n) is 16.1. The molecule has 1 aliphatic rings. The molecular weight excluding hydrogens is 394 g/mol. The molecule has 0 spiro atoms. The van der Waals surface area contributed by atoms with E-state index in [4.69, 9.17) is 4.74 Å². The molecule has 0 bridgehead atoms. The van der Waals surface area contributed by atoms with E-state index in [0.29, 0.717) is 42.1 Å². The van der Waals surface area contributed by atoms with Gasteiger partial charge in [-0.2, -0.15) is 5.10 Å². The van der Waals surface area contributed by atoms with Crippen molar-refractivity contribution in [2.45, 2.75) is 19.8 Å². The van der Waals surface area contributed by atoms with Gasteiger partial charge in [0.05, 0.1) is 41.9 Å². The van der Waals surface area contributed by atoms with Crippen LogP contribution >= 0.6 is 0 Å². The SMILES string of the molecule is CCOC(=O)Cc1cncc(N2CCc3nn(-c4cc(F)cc(F)c4)cc3C2=O)c1. The normalized spacial score (nSPS) is 13.3. The molecule has 3 heterocycles. The van der Waals surface area contributed by atoms with Gasteiger partial charge >= 0.3 is 5.97 Å². The highest BCUT2D eigenvalue weighted by Gasteiger charge is 2.29. The van der Waals surface area contributed by atoms with Gasteiger partial charge in [-0.05, 0) is 30.7 Å². The minimum atomic E-state index is -0.726. The molecule has 0 N–H and O–H groups in total. The topological polar surface area (TPSA) is 77.3 Å². The van der Waals surface area contributed by atoms with Crippen LogP contribution in [0, 0.1) is 11.6 Å². The maximum absolute atomic E-state index is 13.5. The number of hydrogen-bond donors (Lipinski definition) is 0. The first kappa shape index (κ1) is 19.7. The summed E-state index contributed by atoms with van der Waals surface area (Å²) in [6.07, 6.45) is 5.09. The second-order valence-corrected chi connectivity index (χ2v) is 6.80. The van der Waals surface area contributed by atoms with Crippen LogP contribution in [-0.4, -0.2) is 39.8 Å². The van der Waals surface area contributed by atoms with E-state index in [1.807, 2.05) is 0 Å². The van der Waals surface area contributed by atoms with E-state index < -0.39 is 11.6 Å². The lowest BCUT2D eigenvalue weighted by molar-refractivity contribution is -0.142. The number of esters is 1. The van der Waals surface area contributed by atoms with E-state index in [1.54, 1.807) is 30.3 Å². The smallest absolute Gasteiger partial charge is 0.310 e. The van der Waals surface area contributed by atoms with E-state index in [9.17, 15) is 18.4 Å². The summed E-state index contributed by atoms with van der Waals surface area (Å²) in [7, 11) is 0. The van der Waals surface area contributed by atoms with Crippen LogP contribution in [0.1, 0.15) is 28.5 Å². The Labute approximate surface area is 170 Å². The highest BCUT2D eigenvalue weighted by molar-refractivity contribution is 6.07. The molecule has 0 fully saturated rings. The van der Waals surface area contributed by atoms with Crippen molar-refractivity contribution in [3.05, 3.63) is 71.3 Å². The van der Waals surface area contributed by atoms with Crippen molar-refractivity contribution in [2.75, 3.05) is 18.1 Å². The number of aromatic nitrogens is 3. The van der Waals surface area contributed by atoms with E-state index in [0.717, 1.165) is 18.2 Å². The lowest BCUT2D eigenvalue weighted by atomic mass is 10.1. The maximum Gasteiger partial charge on any atom is 0.310 e. The summed E-state index contributed by atoms with van der Waals surface area (Å²) in [6.45, 7) is 2.39. The fraction of sp³-hybridized carbons (Fsp3) is 0.238. The van der Waals surface area contributed by atoms with Gasteiger partial charge in [0, 0.05) is 31.4 Å². The number of halogens is 2. The van der Waals surface area contributed by atoms with E-state index >= 15 is 0 Å². The molecule has 1 amide bonds. The molecule has 1 aliphatic heterocycles. The summed E-state index contributed by atoms with van der Waals surface area (Å²) >= 11 is 0. The van der Waals surface area contributed by atoms with Crippen LogP contribution in [-0.2, 0) is 22.4 Å². The molecule has 0 saturated heterocycles.